The predicted octanol–water partition coefficient (Wildman–Crippen LogP) is 3.64. The highest BCUT2D eigenvalue weighted by Crippen LogP contribution is 2.22. The molecule has 9 nitrogen and oxygen atoms in total. The van der Waals surface area contributed by atoms with Gasteiger partial charge in [0.15, 0.2) is 5.82 Å². The number of nitrogens with zero attached hydrogens (tertiary/aromatic N) is 3. The minimum Gasteiger partial charge on any atom is -0.486 e. The molecule has 0 unspecified atom stereocenters. The van der Waals surface area contributed by atoms with Crippen LogP contribution in [0.25, 0.3) is 0 Å². The number of aromatic nitrogens is 3. The standard InChI is InChI=1S/C19H19N5O4S/c1-12-4-3-5-15(8-12)28-10-17-21-19(23-22-17)29-11-18(25)20-16-7-6-14(24(26)27)9-13(16)2/h3-9H,10-11H2,1-2H3,(H,20,25)(H,21,22,23). The molecule has 2 aromatic carbocycles. The Balaban J connectivity index is 1.49. The minimum absolute atomic E-state index is 0.0176. The summed E-state index contributed by atoms with van der Waals surface area (Å²) in [5.74, 6) is 1.15. The smallest absolute Gasteiger partial charge is 0.269 e. The second kappa shape index (κ2) is 9.20. The number of carbonyl (C=O) groups is 1. The zero-order valence-corrected chi connectivity index (χ0v) is 16.7. The maximum atomic E-state index is 12.1. The lowest BCUT2D eigenvalue weighted by atomic mass is 10.2. The number of nitrogens with one attached hydrogen (secondary N) is 2. The van der Waals surface area contributed by atoms with E-state index in [4.69, 9.17) is 4.74 Å². The van der Waals surface area contributed by atoms with Crippen LogP contribution in [0.2, 0.25) is 0 Å². The second-order valence-electron chi connectivity index (χ2n) is 6.26. The van der Waals surface area contributed by atoms with Crippen molar-refractivity contribution in [1.29, 1.82) is 0 Å². The SMILES string of the molecule is Cc1cccc(OCc2nc(SCC(=O)Nc3ccc([N+](=O)[O-])cc3C)n[nH]2)c1. The molecule has 0 spiro atoms. The van der Waals surface area contributed by atoms with E-state index in [9.17, 15) is 14.9 Å². The molecule has 0 saturated carbocycles. The summed E-state index contributed by atoms with van der Waals surface area (Å²) < 4.78 is 5.66. The van der Waals surface area contributed by atoms with Gasteiger partial charge >= 0.3 is 0 Å². The third kappa shape index (κ3) is 5.79. The number of nitro benzene ring substituents is 1. The molecule has 1 heterocycles. The number of anilines is 1. The molecule has 150 valence electrons. The number of H-pyrrole nitrogens is 1. The first-order valence-corrected chi connectivity index (χ1v) is 9.68. The Labute approximate surface area is 171 Å². The van der Waals surface area contributed by atoms with Crippen LogP contribution in [-0.2, 0) is 11.4 Å². The van der Waals surface area contributed by atoms with Gasteiger partial charge < -0.3 is 10.1 Å². The van der Waals surface area contributed by atoms with E-state index in [1.54, 1.807) is 6.92 Å². The van der Waals surface area contributed by atoms with Crippen molar-refractivity contribution < 1.29 is 14.5 Å². The zero-order valence-electron chi connectivity index (χ0n) is 15.8. The van der Waals surface area contributed by atoms with Crippen LogP contribution in [0.4, 0.5) is 11.4 Å². The van der Waals surface area contributed by atoms with Crippen LogP contribution < -0.4 is 10.1 Å². The van der Waals surface area contributed by atoms with Crippen molar-refractivity contribution in [2.45, 2.75) is 25.6 Å². The highest BCUT2D eigenvalue weighted by Gasteiger charge is 2.12. The highest BCUT2D eigenvalue weighted by molar-refractivity contribution is 7.99. The fraction of sp³-hybridized carbons (Fsp3) is 0.211. The summed E-state index contributed by atoms with van der Waals surface area (Å²) in [6, 6.07) is 12.0. The largest absolute Gasteiger partial charge is 0.486 e. The van der Waals surface area contributed by atoms with Crippen LogP contribution in [0.5, 0.6) is 5.75 Å². The lowest BCUT2D eigenvalue weighted by molar-refractivity contribution is -0.384. The number of benzene rings is 2. The molecule has 0 radical (unpaired) electrons. The molecule has 1 aromatic heterocycles. The van der Waals surface area contributed by atoms with E-state index in [2.05, 4.69) is 20.5 Å². The molecular weight excluding hydrogens is 394 g/mol. The van der Waals surface area contributed by atoms with E-state index in [0.717, 1.165) is 11.3 Å². The van der Waals surface area contributed by atoms with Crippen molar-refractivity contribution in [3.8, 4) is 5.75 Å². The predicted molar refractivity (Wildman–Crippen MR) is 109 cm³/mol. The van der Waals surface area contributed by atoms with Crippen molar-refractivity contribution in [3.63, 3.8) is 0 Å². The van der Waals surface area contributed by atoms with Gasteiger partial charge in [0, 0.05) is 17.8 Å². The van der Waals surface area contributed by atoms with Gasteiger partial charge in [-0.05, 0) is 43.2 Å². The highest BCUT2D eigenvalue weighted by atomic mass is 32.2. The molecule has 0 bridgehead atoms. The number of hydrogen-bond acceptors (Lipinski definition) is 7. The number of ether oxygens (including phenoxy) is 1. The van der Waals surface area contributed by atoms with Gasteiger partial charge in [-0.2, -0.15) is 0 Å². The number of rotatable bonds is 8. The molecule has 0 aliphatic heterocycles. The lowest BCUT2D eigenvalue weighted by Crippen LogP contribution is -2.15. The van der Waals surface area contributed by atoms with Gasteiger partial charge in [-0.1, -0.05) is 23.9 Å². The molecule has 3 aromatic rings. The van der Waals surface area contributed by atoms with Gasteiger partial charge in [-0.15, -0.1) is 5.10 Å². The van der Waals surface area contributed by atoms with Gasteiger partial charge in [-0.25, -0.2) is 4.98 Å². The Morgan fingerprint density at radius 1 is 1.28 bits per heavy atom. The first kappa shape index (κ1) is 20.3. The average molecular weight is 413 g/mol. The Hall–Kier alpha value is -3.40. The Kier molecular flexibility index (Phi) is 6.45. The van der Waals surface area contributed by atoms with Crippen molar-refractivity contribution in [1.82, 2.24) is 15.2 Å². The number of hydrogen-bond donors (Lipinski definition) is 2. The Morgan fingerprint density at radius 3 is 2.83 bits per heavy atom. The molecule has 0 atom stereocenters. The number of carbonyl (C=O) groups excluding carboxylic acids is 1. The van der Waals surface area contributed by atoms with E-state index in [-0.39, 0.29) is 24.0 Å². The number of thioether (sulfide) groups is 1. The molecule has 1 amide bonds. The van der Waals surface area contributed by atoms with E-state index in [0.29, 0.717) is 22.2 Å². The minimum atomic E-state index is -0.474. The number of aromatic amines is 1. The summed E-state index contributed by atoms with van der Waals surface area (Å²) >= 11 is 1.18. The number of nitro groups is 1. The van der Waals surface area contributed by atoms with Gasteiger partial charge in [-0.3, -0.25) is 20.0 Å². The van der Waals surface area contributed by atoms with E-state index >= 15 is 0 Å². The number of non-ortho nitro benzene ring substituents is 1. The third-order valence-electron chi connectivity index (χ3n) is 3.90. The van der Waals surface area contributed by atoms with E-state index in [1.165, 1.54) is 30.0 Å². The topological polar surface area (TPSA) is 123 Å². The van der Waals surface area contributed by atoms with Crippen molar-refractivity contribution in [3.05, 3.63) is 69.5 Å². The van der Waals surface area contributed by atoms with Crippen LogP contribution in [0.15, 0.2) is 47.6 Å². The second-order valence-corrected chi connectivity index (χ2v) is 7.21. The summed E-state index contributed by atoms with van der Waals surface area (Å²) in [6.07, 6.45) is 0. The monoisotopic (exact) mass is 413 g/mol. The summed E-state index contributed by atoms with van der Waals surface area (Å²) in [6.45, 7) is 3.93. The third-order valence-corrected chi connectivity index (χ3v) is 4.75. The Morgan fingerprint density at radius 2 is 2.10 bits per heavy atom. The first-order valence-electron chi connectivity index (χ1n) is 8.69. The van der Waals surface area contributed by atoms with Gasteiger partial charge in [0.1, 0.15) is 12.4 Å². The van der Waals surface area contributed by atoms with Gasteiger partial charge in [0.2, 0.25) is 11.1 Å². The molecule has 0 aliphatic carbocycles. The molecule has 29 heavy (non-hydrogen) atoms. The number of amides is 1. The van der Waals surface area contributed by atoms with Crippen LogP contribution >= 0.6 is 11.8 Å². The first-order chi connectivity index (χ1) is 13.9. The average Bonchev–Trinajstić information content (AvgIpc) is 3.14. The Bertz CT molecular complexity index is 1040. The molecule has 10 heteroatoms. The molecule has 0 fully saturated rings. The maximum absolute atomic E-state index is 12.1. The summed E-state index contributed by atoms with van der Waals surface area (Å²) in [5.41, 5.74) is 2.23. The fourth-order valence-electron chi connectivity index (χ4n) is 2.48. The molecule has 3 rings (SSSR count). The maximum Gasteiger partial charge on any atom is 0.269 e. The van der Waals surface area contributed by atoms with E-state index in [1.807, 2.05) is 31.2 Å². The van der Waals surface area contributed by atoms with Crippen molar-refractivity contribution in [2.75, 3.05) is 11.1 Å². The van der Waals surface area contributed by atoms with Crippen LogP contribution in [0, 0.1) is 24.0 Å². The molecule has 2 N–H and O–H groups in total. The normalized spacial score (nSPS) is 10.6. The molecule has 0 saturated heterocycles. The van der Waals surface area contributed by atoms with Crippen LogP contribution in [-0.4, -0.2) is 31.8 Å². The molecule has 0 aliphatic rings. The molecular formula is C19H19N5O4S. The summed E-state index contributed by atoms with van der Waals surface area (Å²) in [4.78, 5) is 26.7. The van der Waals surface area contributed by atoms with Crippen molar-refractivity contribution >= 4 is 29.0 Å². The van der Waals surface area contributed by atoms with Gasteiger partial charge in [0.05, 0.1) is 10.7 Å². The van der Waals surface area contributed by atoms with Crippen molar-refractivity contribution in [2.24, 2.45) is 0 Å². The fourth-order valence-corrected chi connectivity index (χ4v) is 3.10. The lowest BCUT2D eigenvalue weighted by Gasteiger charge is -2.07. The quantitative estimate of drug-likeness (QED) is 0.328. The van der Waals surface area contributed by atoms with Crippen LogP contribution in [0.3, 0.4) is 0 Å². The zero-order chi connectivity index (χ0) is 20.8. The van der Waals surface area contributed by atoms with E-state index < -0.39 is 4.92 Å². The van der Waals surface area contributed by atoms with Gasteiger partial charge in [0.25, 0.3) is 5.69 Å². The summed E-state index contributed by atoms with van der Waals surface area (Å²) in [5, 5.41) is 20.8. The number of aryl methyl sites for hydroxylation is 2. The van der Waals surface area contributed by atoms with Crippen LogP contribution in [0.1, 0.15) is 17.0 Å². The summed E-state index contributed by atoms with van der Waals surface area (Å²) in [7, 11) is 0.